The number of benzene rings is 1. The predicted molar refractivity (Wildman–Crippen MR) is 75.1 cm³/mol. The van der Waals surface area contributed by atoms with Crippen LogP contribution in [-0.2, 0) is 4.79 Å². The Labute approximate surface area is 112 Å². The Balaban J connectivity index is 2.61. The van der Waals surface area contributed by atoms with E-state index in [0.29, 0.717) is 0 Å². The Kier molecular flexibility index (Phi) is 3.81. The highest BCUT2D eigenvalue weighted by Crippen LogP contribution is 2.29. The third-order valence-electron chi connectivity index (χ3n) is 3.30. The highest BCUT2D eigenvalue weighted by atomic mass is 16.4. The van der Waals surface area contributed by atoms with Crippen molar-refractivity contribution >= 4 is 16.9 Å². The quantitative estimate of drug-likeness (QED) is 0.883. The smallest absolute Gasteiger partial charge is 0.304 e. The number of hydrogen-bond donors (Lipinski definition) is 2. The molecule has 19 heavy (non-hydrogen) atoms. The largest absolute Gasteiger partial charge is 0.481 e. The molecule has 0 radical (unpaired) electrons. The second-order valence-electron chi connectivity index (χ2n) is 4.93. The van der Waals surface area contributed by atoms with Gasteiger partial charge in [0.15, 0.2) is 0 Å². The van der Waals surface area contributed by atoms with E-state index in [4.69, 9.17) is 10.8 Å². The molecule has 0 aliphatic rings. The van der Waals surface area contributed by atoms with Crippen LogP contribution in [0.15, 0.2) is 30.3 Å². The minimum absolute atomic E-state index is 0.0329. The molecule has 0 saturated carbocycles. The van der Waals surface area contributed by atoms with Gasteiger partial charge in [-0.05, 0) is 31.5 Å². The first-order valence-electron chi connectivity index (χ1n) is 6.32. The van der Waals surface area contributed by atoms with E-state index >= 15 is 0 Å². The molecule has 0 saturated heterocycles. The van der Waals surface area contributed by atoms with Crippen molar-refractivity contribution in [2.24, 2.45) is 5.73 Å². The normalized spacial score (nSPS) is 14.3. The SMILES string of the molecule is Cc1cc(C(CC(=O)O)C(C)N)c2ccccc2n1. The molecule has 3 N–H and O–H groups in total. The van der Waals surface area contributed by atoms with Gasteiger partial charge in [0.05, 0.1) is 11.9 Å². The van der Waals surface area contributed by atoms with Crippen molar-refractivity contribution in [1.29, 1.82) is 0 Å². The van der Waals surface area contributed by atoms with Gasteiger partial charge < -0.3 is 10.8 Å². The number of carboxylic acids is 1. The van der Waals surface area contributed by atoms with E-state index in [2.05, 4.69) is 4.98 Å². The third kappa shape index (κ3) is 2.90. The van der Waals surface area contributed by atoms with Gasteiger partial charge in [0.2, 0.25) is 0 Å². The monoisotopic (exact) mass is 258 g/mol. The maximum atomic E-state index is 11.0. The molecule has 1 aromatic heterocycles. The molecular weight excluding hydrogens is 240 g/mol. The van der Waals surface area contributed by atoms with E-state index in [9.17, 15) is 4.79 Å². The molecule has 1 aromatic carbocycles. The van der Waals surface area contributed by atoms with Gasteiger partial charge in [0.25, 0.3) is 0 Å². The average Bonchev–Trinajstić information content (AvgIpc) is 2.34. The number of fused-ring (bicyclic) bond motifs is 1. The minimum Gasteiger partial charge on any atom is -0.481 e. The Morgan fingerprint density at radius 3 is 2.74 bits per heavy atom. The summed E-state index contributed by atoms with van der Waals surface area (Å²) in [6, 6.07) is 9.48. The first-order valence-corrected chi connectivity index (χ1v) is 6.32. The Bertz CT molecular complexity index is 608. The predicted octanol–water partition coefficient (Wildman–Crippen LogP) is 2.45. The van der Waals surface area contributed by atoms with E-state index in [1.165, 1.54) is 0 Å². The molecule has 2 aromatic rings. The lowest BCUT2D eigenvalue weighted by Gasteiger charge is -2.21. The van der Waals surface area contributed by atoms with Crippen LogP contribution >= 0.6 is 0 Å². The number of aryl methyl sites for hydroxylation is 1. The lowest BCUT2D eigenvalue weighted by Crippen LogP contribution is -2.27. The van der Waals surface area contributed by atoms with E-state index in [1.807, 2.05) is 44.2 Å². The molecule has 2 atom stereocenters. The zero-order chi connectivity index (χ0) is 14.0. The summed E-state index contributed by atoms with van der Waals surface area (Å²) in [5.41, 5.74) is 8.71. The first kappa shape index (κ1) is 13.5. The number of aromatic nitrogens is 1. The summed E-state index contributed by atoms with van der Waals surface area (Å²) in [6.45, 7) is 3.76. The Hall–Kier alpha value is -1.94. The van der Waals surface area contributed by atoms with E-state index in [0.717, 1.165) is 22.2 Å². The Morgan fingerprint density at radius 2 is 2.11 bits per heavy atom. The van der Waals surface area contributed by atoms with E-state index in [-0.39, 0.29) is 18.4 Å². The van der Waals surface area contributed by atoms with Crippen molar-refractivity contribution in [1.82, 2.24) is 4.98 Å². The molecule has 0 aliphatic carbocycles. The minimum atomic E-state index is -0.833. The number of hydrogen-bond acceptors (Lipinski definition) is 3. The fourth-order valence-corrected chi connectivity index (χ4v) is 2.41. The third-order valence-corrected chi connectivity index (χ3v) is 3.30. The van der Waals surface area contributed by atoms with Gasteiger partial charge in [0, 0.05) is 23.0 Å². The van der Waals surface area contributed by atoms with Gasteiger partial charge in [-0.25, -0.2) is 0 Å². The van der Waals surface area contributed by atoms with Crippen molar-refractivity contribution in [3.8, 4) is 0 Å². The van der Waals surface area contributed by atoms with Crippen LogP contribution in [0, 0.1) is 6.92 Å². The van der Waals surface area contributed by atoms with Gasteiger partial charge in [-0.1, -0.05) is 18.2 Å². The summed E-state index contributed by atoms with van der Waals surface area (Å²) in [5.74, 6) is -1.04. The summed E-state index contributed by atoms with van der Waals surface area (Å²) in [5, 5.41) is 10.0. The molecule has 0 amide bonds. The number of para-hydroxylation sites is 1. The molecule has 4 nitrogen and oxygen atoms in total. The molecule has 100 valence electrons. The van der Waals surface area contributed by atoms with E-state index < -0.39 is 5.97 Å². The van der Waals surface area contributed by atoms with Crippen molar-refractivity contribution in [2.45, 2.75) is 32.2 Å². The summed E-state index contributed by atoms with van der Waals surface area (Å²) in [6.07, 6.45) is 0.0329. The van der Waals surface area contributed by atoms with Crippen LogP contribution in [0.1, 0.15) is 30.5 Å². The summed E-state index contributed by atoms with van der Waals surface area (Å²) in [4.78, 5) is 15.5. The van der Waals surface area contributed by atoms with Crippen molar-refractivity contribution in [2.75, 3.05) is 0 Å². The van der Waals surface area contributed by atoms with Crippen LogP contribution in [0.2, 0.25) is 0 Å². The highest BCUT2D eigenvalue weighted by molar-refractivity contribution is 5.83. The lowest BCUT2D eigenvalue weighted by atomic mass is 9.87. The van der Waals surface area contributed by atoms with Crippen LogP contribution in [0.3, 0.4) is 0 Å². The van der Waals surface area contributed by atoms with Crippen LogP contribution in [0.25, 0.3) is 10.9 Å². The molecule has 4 heteroatoms. The van der Waals surface area contributed by atoms with Crippen LogP contribution in [0.4, 0.5) is 0 Å². The van der Waals surface area contributed by atoms with Crippen molar-refractivity contribution < 1.29 is 9.90 Å². The van der Waals surface area contributed by atoms with Gasteiger partial charge in [-0.15, -0.1) is 0 Å². The summed E-state index contributed by atoms with van der Waals surface area (Å²) < 4.78 is 0. The van der Waals surface area contributed by atoms with Gasteiger partial charge in [-0.2, -0.15) is 0 Å². The summed E-state index contributed by atoms with van der Waals surface area (Å²) in [7, 11) is 0. The standard InChI is InChI=1S/C15H18N2O2/c1-9-7-13(12(10(2)16)8-15(18)19)11-5-3-4-6-14(11)17-9/h3-7,10,12H,8,16H2,1-2H3,(H,18,19). The maximum absolute atomic E-state index is 11.0. The fourth-order valence-electron chi connectivity index (χ4n) is 2.41. The second kappa shape index (κ2) is 5.36. The molecule has 0 spiro atoms. The number of nitrogens with zero attached hydrogens (tertiary/aromatic N) is 1. The van der Waals surface area contributed by atoms with Gasteiger partial charge in [-0.3, -0.25) is 9.78 Å². The fraction of sp³-hybridized carbons (Fsp3) is 0.333. The van der Waals surface area contributed by atoms with Crippen LogP contribution in [-0.4, -0.2) is 22.1 Å². The number of pyridine rings is 1. The maximum Gasteiger partial charge on any atom is 0.304 e. The van der Waals surface area contributed by atoms with Crippen molar-refractivity contribution in [3.05, 3.63) is 41.6 Å². The van der Waals surface area contributed by atoms with Crippen LogP contribution < -0.4 is 5.73 Å². The lowest BCUT2D eigenvalue weighted by molar-refractivity contribution is -0.137. The molecule has 0 fully saturated rings. The molecule has 0 aliphatic heterocycles. The number of rotatable bonds is 4. The molecule has 1 heterocycles. The molecule has 2 rings (SSSR count). The Morgan fingerprint density at radius 1 is 1.42 bits per heavy atom. The number of aliphatic carboxylic acids is 1. The first-order chi connectivity index (χ1) is 8.99. The molecular formula is C15H18N2O2. The molecule has 0 bridgehead atoms. The molecule has 2 unspecified atom stereocenters. The number of nitrogens with two attached hydrogens (primary N) is 1. The summed E-state index contributed by atoms with van der Waals surface area (Å²) >= 11 is 0. The number of carbonyl (C=O) groups is 1. The van der Waals surface area contributed by atoms with E-state index in [1.54, 1.807) is 0 Å². The zero-order valence-corrected chi connectivity index (χ0v) is 11.1. The average molecular weight is 258 g/mol. The number of carboxylic acid groups (broad SMARTS) is 1. The topological polar surface area (TPSA) is 76.2 Å². The van der Waals surface area contributed by atoms with Crippen molar-refractivity contribution in [3.63, 3.8) is 0 Å². The highest BCUT2D eigenvalue weighted by Gasteiger charge is 2.22. The van der Waals surface area contributed by atoms with Gasteiger partial charge in [0.1, 0.15) is 0 Å². The zero-order valence-electron chi connectivity index (χ0n) is 11.1. The van der Waals surface area contributed by atoms with Crippen LogP contribution in [0.5, 0.6) is 0 Å². The second-order valence-corrected chi connectivity index (χ2v) is 4.93. The van der Waals surface area contributed by atoms with Gasteiger partial charge >= 0.3 is 5.97 Å².